The molecular formula is C15H22O6. The third-order valence-corrected chi connectivity index (χ3v) is 2.82. The molecule has 0 saturated carbocycles. The maximum atomic E-state index is 11.3. The number of methoxy groups -OCH3 is 1. The van der Waals surface area contributed by atoms with Gasteiger partial charge in [0.05, 0.1) is 25.7 Å². The van der Waals surface area contributed by atoms with Crippen LogP contribution in [0.5, 0.6) is 5.75 Å². The minimum absolute atomic E-state index is 0.245. The Kier molecular flexibility index (Phi) is 7.74. The normalized spacial score (nSPS) is 13.5. The zero-order chi connectivity index (χ0) is 15.7. The van der Waals surface area contributed by atoms with Crippen molar-refractivity contribution in [3.05, 3.63) is 29.8 Å². The summed E-state index contributed by atoms with van der Waals surface area (Å²) in [4.78, 5) is 11.3. The molecule has 0 bridgehead atoms. The number of carbonyl (C=O) groups is 1. The number of rotatable bonds is 9. The van der Waals surface area contributed by atoms with E-state index in [0.29, 0.717) is 24.5 Å². The summed E-state index contributed by atoms with van der Waals surface area (Å²) in [5.74, 6) is 0.103. The lowest BCUT2D eigenvalue weighted by Crippen LogP contribution is -2.23. The molecule has 0 spiro atoms. The van der Waals surface area contributed by atoms with Gasteiger partial charge < -0.3 is 24.4 Å². The van der Waals surface area contributed by atoms with Gasteiger partial charge in [-0.15, -0.1) is 0 Å². The molecule has 1 rings (SSSR count). The molecule has 0 fully saturated rings. The van der Waals surface area contributed by atoms with E-state index in [9.17, 15) is 15.0 Å². The minimum Gasteiger partial charge on any atom is -0.491 e. The van der Waals surface area contributed by atoms with Gasteiger partial charge >= 0.3 is 5.97 Å². The second-order valence-electron chi connectivity index (χ2n) is 4.43. The van der Waals surface area contributed by atoms with E-state index in [1.54, 1.807) is 38.3 Å². The van der Waals surface area contributed by atoms with E-state index < -0.39 is 18.2 Å². The molecule has 0 aliphatic rings. The monoisotopic (exact) mass is 298 g/mol. The summed E-state index contributed by atoms with van der Waals surface area (Å²) >= 11 is 0. The highest BCUT2D eigenvalue weighted by Crippen LogP contribution is 2.22. The predicted octanol–water partition coefficient (Wildman–Crippen LogP) is 1.06. The topological polar surface area (TPSA) is 85.2 Å². The van der Waals surface area contributed by atoms with E-state index in [1.165, 1.54) is 0 Å². The summed E-state index contributed by atoms with van der Waals surface area (Å²) in [6.45, 7) is 2.85. The zero-order valence-electron chi connectivity index (χ0n) is 12.3. The first-order valence-corrected chi connectivity index (χ1v) is 6.82. The van der Waals surface area contributed by atoms with Gasteiger partial charge in [0.25, 0.3) is 0 Å². The average molecular weight is 298 g/mol. The SMILES string of the molecule is CCOC(=O)CC(O)C(O)c1ccc(OCCOC)cc1. The van der Waals surface area contributed by atoms with E-state index in [1.807, 2.05) is 0 Å². The molecule has 0 saturated heterocycles. The molecule has 118 valence electrons. The molecule has 0 aromatic heterocycles. The van der Waals surface area contributed by atoms with Gasteiger partial charge in [0.1, 0.15) is 18.5 Å². The Hall–Kier alpha value is -1.63. The Bertz CT molecular complexity index is 417. The molecule has 21 heavy (non-hydrogen) atoms. The van der Waals surface area contributed by atoms with E-state index in [-0.39, 0.29) is 13.0 Å². The number of hydrogen-bond donors (Lipinski definition) is 2. The van der Waals surface area contributed by atoms with Crippen LogP contribution < -0.4 is 4.74 Å². The standard InChI is InChI=1S/C15H22O6/c1-3-20-14(17)10-13(16)15(18)11-4-6-12(7-5-11)21-9-8-19-2/h4-7,13,15-16,18H,3,8-10H2,1-2H3. The molecule has 2 unspecified atom stereocenters. The summed E-state index contributed by atoms with van der Waals surface area (Å²) < 4.78 is 15.0. The highest BCUT2D eigenvalue weighted by Gasteiger charge is 2.22. The van der Waals surface area contributed by atoms with Crippen molar-refractivity contribution in [1.82, 2.24) is 0 Å². The molecule has 2 atom stereocenters. The molecule has 6 heteroatoms. The fourth-order valence-electron chi connectivity index (χ4n) is 1.73. The van der Waals surface area contributed by atoms with Crippen molar-refractivity contribution < 1.29 is 29.2 Å². The lowest BCUT2D eigenvalue weighted by molar-refractivity contribution is -0.147. The summed E-state index contributed by atoms with van der Waals surface area (Å²) in [6, 6.07) is 6.65. The maximum absolute atomic E-state index is 11.3. The van der Waals surface area contributed by atoms with Gasteiger partial charge in [-0.3, -0.25) is 4.79 Å². The fourth-order valence-corrected chi connectivity index (χ4v) is 1.73. The van der Waals surface area contributed by atoms with Crippen LogP contribution in [0, 0.1) is 0 Å². The molecule has 1 aromatic rings. The maximum Gasteiger partial charge on any atom is 0.308 e. The molecule has 1 aromatic carbocycles. The largest absolute Gasteiger partial charge is 0.491 e. The van der Waals surface area contributed by atoms with Gasteiger partial charge in [0.2, 0.25) is 0 Å². The minimum atomic E-state index is -1.20. The second-order valence-corrected chi connectivity index (χ2v) is 4.43. The predicted molar refractivity (Wildman–Crippen MR) is 76.0 cm³/mol. The van der Waals surface area contributed by atoms with Crippen LogP contribution in [-0.2, 0) is 14.3 Å². The van der Waals surface area contributed by atoms with Crippen molar-refractivity contribution in [2.24, 2.45) is 0 Å². The Morgan fingerprint density at radius 1 is 1.19 bits per heavy atom. The summed E-state index contributed by atoms with van der Waals surface area (Å²) in [5, 5.41) is 19.8. The lowest BCUT2D eigenvalue weighted by atomic mass is 10.0. The van der Waals surface area contributed by atoms with Gasteiger partial charge in [-0.05, 0) is 24.6 Å². The molecule has 6 nitrogen and oxygen atoms in total. The van der Waals surface area contributed by atoms with Gasteiger partial charge in [0, 0.05) is 7.11 Å². The van der Waals surface area contributed by atoms with Crippen LogP contribution in [-0.4, -0.2) is 49.2 Å². The first kappa shape index (κ1) is 17.4. The van der Waals surface area contributed by atoms with Crippen molar-refractivity contribution in [2.45, 2.75) is 25.6 Å². The molecule has 0 heterocycles. The highest BCUT2D eigenvalue weighted by atomic mass is 16.5. The van der Waals surface area contributed by atoms with E-state index >= 15 is 0 Å². The highest BCUT2D eigenvalue weighted by molar-refractivity contribution is 5.70. The second kappa shape index (κ2) is 9.33. The Morgan fingerprint density at radius 2 is 1.86 bits per heavy atom. The van der Waals surface area contributed by atoms with E-state index in [2.05, 4.69) is 0 Å². The molecule has 2 N–H and O–H groups in total. The zero-order valence-corrected chi connectivity index (χ0v) is 12.3. The number of esters is 1. The van der Waals surface area contributed by atoms with Crippen molar-refractivity contribution >= 4 is 5.97 Å². The van der Waals surface area contributed by atoms with E-state index in [4.69, 9.17) is 14.2 Å². The number of hydrogen-bond acceptors (Lipinski definition) is 6. The smallest absolute Gasteiger partial charge is 0.308 e. The number of aliphatic hydroxyl groups is 2. The molecular weight excluding hydrogens is 276 g/mol. The third-order valence-electron chi connectivity index (χ3n) is 2.82. The molecule has 0 aliphatic heterocycles. The van der Waals surface area contributed by atoms with Crippen LogP contribution in [0.15, 0.2) is 24.3 Å². The first-order valence-electron chi connectivity index (χ1n) is 6.82. The summed E-state index contributed by atoms with van der Waals surface area (Å²) in [5.41, 5.74) is 0.505. The van der Waals surface area contributed by atoms with Crippen molar-refractivity contribution in [3.8, 4) is 5.75 Å². The van der Waals surface area contributed by atoms with Crippen LogP contribution in [0.25, 0.3) is 0 Å². The number of benzene rings is 1. The van der Waals surface area contributed by atoms with Gasteiger partial charge in [-0.2, -0.15) is 0 Å². The number of carbonyl (C=O) groups excluding carboxylic acids is 1. The van der Waals surface area contributed by atoms with Crippen LogP contribution in [0.4, 0.5) is 0 Å². The van der Waals surface area contributed by atoms with Crippen LogP contribution in [0.3, 0.4) is 0 Å². The van der Waals surface area contributed by atoms with Crippen LogP contribution >= 0.6 is 0 Å². The molecule has 0 amide bonds. The molecule has 0 aliphatic carbocycles. The average Bonchev–Trinajstić information content (AvgIpc) is 2.47. The Morgan fingerprint density at radius 3 is 2.43 bits per heavy atom. The number of aliphatic hydroxyl groups excluding tert-OH is 2. The fraction of sp³-hybridized carbons (Fsp3) is 0.533. The Balaban J connectivity index is 2.53. The summed E-state index contributed by atoms with van der Waals surface area (Å²) in [6.07, 6.45) is -2.60. The van der Waals surface area contributed by atoms with Crippen molar-refractivity contribution in [3.63, 3.8) is 0 Å². The Labute approximate surface area is 124 Å². The number of ether oxygens (including phenoxy) is 3. The van der Waals surface area contributed by atoms with Crippen molar-refractivity contribution in [2.75, 3.05) is 26.9 Å². The van der Waals surface area contributed by atoms with Crippen LogP contribution in [0.2, 0.25) is 0 Å². The lowest BCUT2D eigenvalue weighted by Gasteiger charge is -2.17. The third kappa shape index (κ3) is 6.12. The first-order chi connectivity index (χ1) is 10.1. The van der Waals surface area contributed by atoms with Gasteiger partial charge in [-0.1, -0.05) is 12.1 Å². The van der Waals surface area contributed by atoms with E-state index in [0.717, 1.165) is 0 Å². The molecule has 0 radical (unpaired) electrons. The quantitative estimate of drug-likeness (QED) is 0.524. The van der Waals surface area contributed by atoms with Gasteiger partial charge in [0.15, 0.2) is 0 Å². The van der Waals surface area contributed by atoms with Crippen LogP contribution in [0.1, 0.15) is 25.0 Å². The summed E-state index contributed by atoms with van der Waals surface area (Å²) in [7, 11) is 1.59. The van der Waals surface area contributed by atoms with Gasteiger partial charge in [-0.25, -0.2) is 0 Å². The van der Waals surface area contributed by atoms with Crippen molar-refractivity contribution in [1.29, 1.82) is 0 Å².